The molecule has 3 N–H and O–H groups in total. The predicted octanol–water partition coefficient (Wildman–Crippen LogP) is 2.95. The molecule has 2 aromatic carbocycles. The van der Waals surface area contributed by atoms with Crippen LogP contribution in [-0.2, 0) is 0 Å². The molecular formula is C14H12N2O2. The molecule has 0 unspecified atom stereocenters. The van der Waals surface area contributed by atoms with Gasteiger partial charge in [-0.25, -0.2) is 0 Å². The van der Waals surface area contributed by atoms with Crippen LogP contribution in [0.4, 0.5) is 5.69 Å². The van der Waals surface area contributed by atoms with Crippen LogP contribution in [0.25, 0.3) is 0 Å². The third-order valence-electron chi connectivity index (χ3n) is 2.59. The molecule has 4 heteroatoms. The smallest absolute Gasteiger partial charge is 0.154 e. The van der Waals surface area contributed by atoms with E-state index >= 15 is 0 Å². The number of hydrogen-bond donors (Lipinski definition) is 2. The standard InChI is InChI=1S/C14H12N2O2/c1-9-4-2-5-10(8-15)14(9)18-12-7-3-6-11(17)13(12)16/h2-7,17H,16H2,1H3. The first kappa shape index (κ1) is 11.8. The van der Waals surface area contributed by atoms with Crippen LogP contribution in [0.15, 0.2) is 36.4 Å². The maximum absolute atomic E-state index is 9.50. The van der Waals surface area contributed by atoms with Crippen LogP contribution in [0.1, 0.15) is 11.1 Å². The molecular weight excluding hydrogens is 228 g/mol. The lowest BCUT2D eigenvalue weighted by Gasteiger charge is -2.12. The van der Waals surface area contributed by atoms with Crippen LogP contribution in [0.2, 0.25) is 0 Å². The number of phenols is 1. The van der Waals surface area contributed by atoms with Gasteiger partial charge in [0.25, 0.3) is 0 Å². The van der Waals surface area contributed by atoms with E-state index in [1.54, 1.807) is 24.3 Å². The highest BCUT2D eigenvalue weighted by atomic mass is 16.5. The number of anilines is 1. The summed E-state index contributed by atoms with van der Waals surface area (Å²) in [5, 5.41) is 18.5. The summed E-state index contributed by atoms with van der Waals surface area (Å²) in [4.78, 5) is 0. The summed E-state index contributed by atoms with van der Waals surface area (Å²) in [6.45, 7) is 1.84. The maximum Gasteiger partial charge on any atom is 0.154 e. The van der Waals surface area contributed by atoms with Crippen molar-refractivity contribution in [3.05, 3.63) is 47.5 Å². The summed E-state index contributed by atoms with van der Waals surface area (Å²) in [5.41, 5.74) is 7.13. The molecule has 4 nitrogen and oxygen atoms in total. The molecule has 90 valence electrons. The van der Waals surface area contributed by atoms with Crippen LogP contribution in [-0.4, -0.2) is 5.11 Å². The topological polar surface area (TPSA) is 79.3 Å². The summed E-state index contributed by atoms with van der Waals surface area (Å²) in [7, 11) is 0. The number of nitriles is 1. The van der Waals surface area contributed by atoms with Gasteiger partial charge in [0.1, 0.15) is 23.3 Å². The molecule has 0 aliphatic heterocycles. The summed E-state index contributed by atoms with van der Waals surface area (Å²) >= 11 is 0. The molecule has 2 aromatic rings. The van der Waals surface area contributed by atoms with E-state index in [1.165, 1.54) is 6.07 Å². The SMILES string of the molecule is Cc1cccc(C#N)c1Oc1cccc(O)c1N. The molecule has 0 saturated heterocycles. The molecule has 0 aliphatic carbocycles. The zero-order valence-electron chi connectivity index (χ0n) is 9.84. The molecule has 2 rings (SSSR count). The van der Waals surface area contributed by atoms with Gasteiger partial charge in [-0.15, -0.1) is 0 Å². The average Bonchev–Trinajstić information content (AvgIpc) is 2.37. The van der Waals surface area contributed by atoms with Crippen molar-refractivity contribution in [2.24, 2.45) is 0 Å². The Labute approximate surface area is 105 Å². The van der Waals surface area contributed by atoms with Gasteiger partial charge in [-0.1, -0.05) is 18.2 Å². The summed E-state index contributed by atoms with van der Waals surface area (Å²) < 4.78 is 5.64. The van der Waals surface area contributed by atoms with Gasteiger partial charge in [0.2, 0.25) is 0 Å². The summed E-state index contributed by atoms with van der Waals surface area (Å²) in [5.74, 6) is 0.748. The lowest BCUT2D eigenvalue weighted by molar-refractivity contribution is 0.457. The molecule has 0 aliphatic rings. The molecule has 0 bridgehead atoms. The molecule has 0 heterocycles. The molecule has 0 amide bonds. The Morgan fingerprint density at radius 2 is 1.94 bits per heavy atom. The number of phenolic OH excluding ortho intramolecular Hbond substituents is 1. The van der Waals surface area contributed by atoms with E-state index in [9.17, 15) is 5.11 Å². The monoisotopic (exact) mass is 240 g/mol. The van der Waals surface area contributed by atoms with Gasteiger partial charge in [0.15, 0.2) is 5.75 Å². The first-order chi connectivity index (χ1) is 8.63. The highest BCUT2D eigenvalue weighted by Gasteiger charge is 2.11. The highest BCUT2D eigenvalue weighted by Crippen LogP contribution is 2.36. The van der Waals surface area contributed by atoms with Crippen LogP contribution >= 0.6 is 0 Å². The number of nitrogens with two attached hydrogens (primary N) is 1. The van der Waals surface area contributed by atoms with E-state index in [0.29, 0.717) is 17.1 Å². The summed E-state index contributed by atoms with van der Waals surface area (Å²) in [6.07, 6.45) is 0. The second-order valence-electron chi connectivity index (χ2n) is 3.85. The van der Waals surface area contributed by atoms with Gasteiger partial charge in [-0.05, 0) is 30.7 Å². The summed E-state index contributed by atoms with van der Waals surface area (Å²) in [6, 6.07) is 12.1. The Morgan fingerprint density at radius 1 is 1.22 bits per heavy atom. The zero-order chi connectivity index (χ0) is 13.1. The molecule has 0 aromatic heterocycles. The van der Waals surface area contributed by atoms with Gasteiger partial charge in [0, 0.05) is 0 Å². The largest absolute Gasteiger partial charge is 0.506 e. The first-order valence-electron chi connectivity index (χ1n) is 5.38. The van der Waals surface area contributed by atoms with Gasteiger partial charge in [-0.2, -0.15) is 5.26 Å². The normalized spacial score (nSPS) is 9.78. The lowest BCUT2D eigenvalue weighted by atomic mass is 10.1. The number of aryl methyl sites for hydroxylation is 1. The number of aromatic hydroxyl groups is 1. The quantitative estimate of drug-likeness (QED) is 0.624. The van der Waals surface area contributed by atoms with Crippen LogP contribution < -0.4 is 10.5 Å². The maximum atomic E-state index is 9.50. The van der Waals surface area contributed by atoms with E-state index in [1.807, 2.05) is 13.0 Å². The Hall–Kier alpha value is -2.67. The van der Waals surface area contributed by atoms with Crippen molar-refractivity contribution < 1.29 is 9.84 Å². The zero-order valence-corrected chi connectivity index (χ0v) is 9.84. The van der Waals surface area contributed by atoms with Crippen molar-refractivity contribution in [1.29, 1.82) is 5.26 Å². The number of hydrogen-bond acceptors (Lipinski definition) is 4. The van der Waals surface area contributed by atoms with Gasteiger partial charge in [-0.3, -0.25) is 0 Å². The second kappa shape index (κ2) is 4.68. The third kappa shape index (κ3) is 2.06. The Bertz CT molecular complexity index is 630. The van der Waals surface area contributed by atoms with Crippen molar-refractivity contribution in [3.8, 4) is 23.3 Å². The van der Waals surface area contributed by atoms with Crippen molar-refractivity contribution >= 4 is 5.69 Å². The third-order valence-corrected chi connectivity index (χ3v) is 2.59. The highest BCUT2D eigenvalue weighted by molar-refractivity contribution is 5.63. The second-order valence-corrected chi connectivity index (χ2v) is 3.85. The molecule has 0 fully saturated rings. The Balaban J connectivity index is 2.47. The van der Waals surface area contributed by atoms with Crippen molar-refractivity contribution in [3.63, 3.8) is 0 Å². The van der Waals surface area contributed by atoms with E-state index in [4.69, 9.17) is 15.7 Å². The minimum Gasteiger partial charge on any atom is -0.506 e. The number of nitrogens with zero attached hydrogens (tertiary/aromatic N) is 1. The fourth-order valence-electron chi connectivity index (χ4n) is 1.61. The molecule has 18 heavy (non-hydrogen) atoms. The number of rotatable bonds is 2. The van der Waals surface area contributed by atoms with Gasteiger partial charge < -0.3 is 15.6 Å². The van der Waals surface area contributed by atoms with Crippen molar-refractivity contribution in [1.82, 2.24) is 0 Å². The van der Waals surface area contributed by atoms with Crippen LogP contribution in [0.5, 0.6) is 17.2 Å². The fraction of sp³-hybridized carbons (Fsp3) is 0.0714. The van der Waals surface area contributed by atoms with Gasteiger partial charge in [0.05, 0.1) is 5.56 Å². The first-order valence-corrected chi connectivity index (χ1v) is 5.38. The average molecular weight is 240 g/mol. The number of benzene rings is 2. The van der Waals surface area contributed by atoms with Crippen LogP contribution in [0.3, 0.4) is 0 Å². The molecule has 0 atom stereocenters. The molecule has 0 spiro atoms. The molecule has 0 radical (unpaired) electrons. The number of para-hydroxylation sites is 2. The van der Waals surface area contributed by atoms with Crippen molar-refractivity contribution in [2.75, 3.05) is 5.73 Å². The van der Waals surface area contributed by atoms with E-state index in [2.05, 4.69) is 6.07 Å². The van der Waals surface area contributed by atoms with Crippen molar-refractivity contribution in [2.45, 2.75) is 6.92 Å². The lowest BCUT2D eigenvalue weighted by Crippen LogP contribution is -1.95. The van der Waals surface area contributed by atoms with Gasteiger partial charge >= 0.3 is 0 Å². The predicted molar refractivity (Wildman–Crippen MR) is 68.5 cm³/mol. The number of nitrogen functional groups attached to an aromatic ring is 1. The van der Waals surface area contributed by atoms with E-state index < -0.39 is 0 Å². The Morgan fingerprint density at radius 3 is 2.67 bits per heavy atom. The molecule has 0 saturated carbocycles. The van der Waals surface area contributed by atoms with Crippen LogP contribution in [0, 0.1) is 18.3 Å². The fourth-order valence-corrected chi connectivity index (χ4v) is 1.61. The Kier molecular flexibility index (Phi) is 3.07. The number of ether oxygens (including phenoxy) is 1. The minimum absolute atomic E-state index is 0.0420. The van der Waals surface area contributed by atoms with E-state index in [-0.39, 0.29) is 11.4 Å². The minimum atomic E-state index is -0.0420. The van der Waals surface area contributed by atoms with E-state index in [0.717, 1.165) is 5.56 Å².